The fourth-order valence-electron chi connectivity index (χ4n) is 1.32. The van der Waals surface area contributed by atoms with Gasteiger partial charge in [0.05, 0.1) is 6.10 Å². The Hall–Kier alpha value is -0.420. The maximum Gasteiger partial charge on any atom is 0.177 e. The Labute approximate surface area is 78.1 Å². The number of aliphatic hydroxyl groups excluding tert-OH is 1. The molecule has 0 aromatic rings. The van der Waals surface area contributed by atoms with Crippen LogP contribution < -0.4 is 0 Å². The van der Waals surface area contributed by atoms with Gasteiger partial charge in [0.2, 0.25) is 0 Å². The lowest BCUT2D eigenvalue weighted by molar-refractivity contribution is -0.188. The second-order valence-electron chi connectivity index (χ2n) is 3.03. The Morgan fingerprint density at radius 1 is 1.31 bits per heavy atom. The molecule has 0 aromatic heterocycles. The summed E-state index contributed by atoms with van der Waals surface area (Å²) in [7, 11) is 3.14. The lowest BCUT2D eigenvalue weighted by atomic mass is 10.1. The van der Waals surface area contributed by atoms with E-state index in [-0.39, 0.29) is 18.5 Å². The minimum atomic E-state index is -0.576. The maximum absolute atomic E-state index is 9.40. The summed E-state index contributed by atoms with van der Waals surface area (Å²) in [5, 5.41) is 9.40. The average molecular weight is 188 g/mol. The van der Waals surface area contributed by atoms with Crippen molar-refractivity contribution in [2.45, 2.75) is 31.5 Å². The quantitative estimate of drug-likeness (QED) is 0.647. The van der Waals surface area contributed by atoms with Crippen LogP contribution in [0, 0.1) is 0 Å². The van der Waals surface area contributed by atoms with Crippen molar-refractivity contribution in [2.24, 2.45) is 0 Å². The minimum absolute atomic E-state index is 0.202. The predicted octanol–water partition coefficient (Wildman–Crippen LogP) is 0.310. The first-order valence-electron chi connectivity index (χ1n) is 4.26. The zero-order valence-corrected chi connectivity index (χ0v) is 8.14. The lowest BCUT2D eigenvalue weighted by Crippen LogP contribution is -2.43. The fourth-order valence-corrected chi connectivity index (χ4v) is 1.32. The van der Waals surface area contributed by atoms with E-state index in [2.05, 4.69) is 0 Å². The third-order valence-electron chi connectivity index (χ3n) is 2.05. The molecule has 1 N–H and O–H groups in total. The van der Waals surface area contributed by atoms with Crippen LogP contribution in [0.2, 0.25) is 0 Å². The van der Waals surface area contributed by atoms with Gasteiger partial charge in [0.15, 0.2) is 6.29 Å². The van der Waals surface area contributed by atoms with E-state index in [0.717, 1.165) is 0 Å². The third kappa shape index (κ3) is 2.51. The van der Waals surface area contributed by atoms with Crippen LogP contribution in [0.15, 0.2) is 12.2 Å². The number of aliphatic hydroxyl groups is 1. The van der Waals surface area contributed by atoms with Crippen LogP contribution in [0.3, 0.4) is 0 Å². The van der Waals surface area contributed by atoms with Crippen LogP contribution in [-0.2, 0) is 14.2 Å². The summed E-state index contributed by atoms with van der Waals surface area (Å²) in [6.07, 6.45) is 2.09. The van der Waals surface area contributed by atoms with E-state index in [4.69, 9.17) is 14.2 Å². The zero-order valence-electron chi connectivity index (χ0n) is 8.14. The van der Waals surface area contributed by atoms with Crippen LogP contribution in [-0.4, -0.2) is 43.9 Å². The van der Waals surface area contributed by atoms with Crippen LogP contribution >= 0.6 is 0 Å². The number of hydrogen-bond acceptors (Lipinski definition) is 4. The smallest absolute Gasteiger partial charge is 0.177 e. The first kappa shape index (κ1) is 10.7. The normalized spacial score (nSPS) is 36.2. The van der Waals surface area contributed by atoms with E-state index in [1.54, 1.807) is 27.2 Å². The Morgan fingerprint density at radius 3 is 2.46 bits per heavy atom. The topological polar surface area (TPSA) is 47.9 Å². The monoisotopic (exact) mass is 188 g/mol. The Morgan fingerprint density at radius 2 is 2.00 bits per heavy atom. The molecule has 0 aromatic carbocycles. The van der Waals surface area contributed by atoms with Gasteiger partial charge in [0.25, 0.3) is 0 Å². The molecule has 0 saturated heterocycles. The molecule has 0 amide bonds. The molecule has 1 aliphatic rings. The van der Waals surface area contributed by atoms with E-state index < -0.39 is 6.10 Å². The van der Waals surface area contributed by atoms with Gasteiger partial charge in [0.1, 0.15) is 12.2 Å². The van der Waals surface area contributed by atoms with Crippen molar-refractivity contribution in [1.29, 1.82) is 0 Å². The van der Waals surface area contributed by atoms with Crippen molar-refractivity contribution in [3.63, 3.8) is 0 Å². The molecule has 4 atom stereocenters. The van der Waals surface area contributed by atoms with Gasteiger partial charge in [-0.2, -0.15) is 0 Å². The average Bonchev–Trinajstić information content (AvgIpc) is 2.16. The highest BCUT2D eigenvalue weighted by atomic mass is 16.7. The van der Waals surface area contributed by atoms with Crippen LogP contribution in [0.1, 0.15) is 6.92 Å². The van der Waals surface area contributed by atoms with E-state index in [1.807, 2.05) is 6.08 Å². The molecule has 4 nitrogen and oxygen atoms in total. The molecule has 0 aliphatic carbocycles. The number of ether oxygens (including phenoxy) is 3. The van der Waals surface area contributed by atoms with Crippen molar-refractivity contribution in [3.05, 3.63) is 12.2 Å². The van der Waals surface area contributed by atoms with Gasteiger partial charge >= 0.3 is 0 Å². The summed E-state index contributed by atoms with van der Waals surface area (Å²) >= 11 is 0. The molecule has 13 heavy (non-hydrogen) atoms. The Bertz CT molecular complexity index is 178. The van der Waals surface area contributed by atoms with Crippen LogP contribution in [0.4, 0.5) is 0 Å². The molecular weight excluding hydrogens is 172 g/mol. The van der Waals surface area contributed by atoms with E-state index in [0.29, 0.717) is 0 Å². The molecule has 1 rings (SSSR count). The molecule has 1 heterocycles. The van der Waals surface area contributed by atoms with Crippen molar-refractivity contribution >= 4 is 0 Å². The van der Waals surface area contributed by atoms with Gasteiger partial charge in [-0.05, 0) is 13.0 Å². The van der Waals surface area contributed by atoms with Crippen molar-refractivity contribution in [3.8, 4) is 0 Å². The van der Waals surface area contributed by atoms with Gasteiger partial charge in [-0.1, -0.05) is 6.08 Å². The first-order chi connectivity index (χ1) is 6.19. The summed E-state index contributed by atoms with van der Waals surface area (Å²) < 4.78 is 15.5. The van der Waals surface area contributed by atoms with E-state index in [1.165, 1.54) is 0 Å². The molecule has 0 radical (unpaired) electrons. The van der Waals surface area contributed by atoms with E-state index >= 15 is 0 Å². The fraction of sp³-hybridized carbons (Fsp3) is 0.778. The maximum atomic E-state index is 9.40. The number of hydrogen-bond donors (Lipinski definition) is 1. The molecular formula is C9H16O4. The summed E-state index contributed by atoms with van der Waals surface area (Å²) in [5.41, 5.74) is 0. The summed E-state index contributed by atoms with van der Waals surface area (Å²) in [5.74, 6) is 0. The summed E-state index contributed by atoms with van der Waals surface area (Å²) in [6, 6.07) is 0. The van der Waals surface area contributed by atoms with Crippen molar-refractivity contribution in [2.75, 3.05) is 14.2 Å². The highest BCUT2D eigenvalue weighted by Crippen LogP contribution is 2.18. The standard InChI is InChI=1S/C9H16O4/c1-6(10)9-7(11-2)4-5-8(12-3)13-9/h4-10H,1-3H3. The van der Waals surface area contributed by atoms with Gasteiger partial charge < -0.3 is 19.3 Å². The molecule has 4 heteroatoms. The summed E-state index contributed by atoms with van der Waals surface area (Å²) in [6.45, 7) is 1.67. The highest BCUT2D eigenvalue weighted by molar-refractivity contribution is 5.01. The SMILES string of the molecule is COC1C=CC(OC)C(C(C)O)O1. The second kappa shape index (κ2) is 4.72. The molecule has 1 aliphatic heterocycles. The minimum Gasteiger partial charge on any atom is -0.391 e. The summed E-state index contributed by atoms with van der Waals surface area (Å²) in [4.78, 5) is 0. The number of rotatable bonds is 3. The van der Waals surface area contributed by atoms with Gasteiger partial charge in [-0.25, -0.2) is 0 Å². The Balaban J connectivity index is 2.64. The second-order valence-corrected chi connectivity index (χ2v) is 3.03. The number of methoxy groups -OCH3 is 2. The third-order valence-corrected chi connectivity index (χ3v) is 2.05. The largest absolute Gasteiger partial charge is 0.391 e. The van der Waals surface area contributed by atoms with Crippen molar-refractivity contribution < 1.29 is 19.3 Å². The van der Waals surface area contributed by atoms with E-state index in [9.17, 15) is 5.11 Å². The van der Waals surface area contributed by atoms with Gasteiger partial charge in [0, 0.05) is 14.2 Å². The molecule has 4 unspecified atom stereocenters. The van der Waals surface area contributed by atoms with Gasteiger partial charge in [-0.3, -0.25) is 0 Å². The Kier molecular flexibility index (Phi) is 3.87. The lowest BCUT2D eigenvalue weighted by Gasteiger charge is -2.32. The highest BCUT2D eigenvalue weighted by Gasteiger charge is 2.30. The van der Waals surface area contributed by atoms with Crippen LogP contribution in [0.25, 0.3) is 0 Å². The molecule has 76 valence electrons. The molecule has 0 fully saturated rings. The van der Waals surface area contributed by atoms with Crippen LogP contribution in [0.5, 0.6) is 0 Å². The zero-order chi connectivity index (χ0) is 9.84. The van der Waals surface area contributed by atoms with Gasteiger partial charge in [-0.15, -0.1) is 0 Å². The first-order valence-corrected chi connectivity index (χ1v) is 4.26. The molecule has 0 spiro atoms. The molecule has 0 saturated carbocycles. The van der Waals surface area contributed by atoms with Crippen molar-refractivity contribution in [1.82, 2.24) is 0 Å². The molecule has 0 bridgehead atoms. The predicted molar refractivity (Wildman–Crippen MR) is 47.3 cm³/mol.